The molecule has 0 aliphatic rings. The molecule has 0 amide bonds. The number of aliphatic carboxylic acids is 1. The Bertz CT molecular complexity index is 853. The minimum Gasteiger partial charge on any atom is -0.493 e. The zero-order valence-electron chi connectivity index (χ0n) is 12.7. The molecule has 0 saturated heterocycles. The molecular weight excluding hydrogens is 336 g/mol. The van der Waals surface area contributed by atoms with Crippen LogP contribution >= 0.6 is 22.9 Å². The van der Waals surface area contributed by atoms with Gasteiger partial charge < -0.3 is 9.84 Å². The summed E-state index contributed by atoms with van der Waals surface area (Å²) in [5, 5.41) is 9.49. The SMILES string of the molecule is CCOc1c(C)cc(Cl)cc1-c1cn2cc(CC(=O)O)sc2n1. The minimum atomic E-state index is -0.848. The first-order valence-corrected chi connectivity index (χ1v) is 8.30. The summed E-state index contributed by atoms with van der Waals surface area (Å²) in [6.07, 6.45) is 3.66. The summed E-state index contributed by atoms with van der Waals surface area (Å²) in [5.74, 6) is -0.0766. The molecule has 5 nitrogen and oxygen atoms in total. The number of ether oxygens (including phenoxy) is 1. The molecule has 1 aromatic carbocycles. The topological polar surface area (TPSA) is 63.8 Å². The fraction of sp³-hybridized carbons (Fsp3) is 0.250. The third-order valence-electron chi connectivity index (χ3n) is 3.33. The number of aromatic nitrogens is 2. The molecule has 2 aromatic heterocycles. The number of hydrogen-bond acceptors (Lipinski definition) is 4. The number of carbonyl (C=O) groups is 1. The van der Waals surface area contributed by atoms with E-state index >= 15 is 0 Å². The van der Waals surface area contributed by atoms with Crippen molar-refractivity contribution in [3.63, 3.8) is 0 Å². The minimum absolute atomic E-state index is 0.00380. The van der Waals surface area contributed by atoms with Crippen molar-refractivity contribution < 1.29 is 14.6 Å². The lowest BCUT2D eigenvalue weighted by atomic mass is 10.1. The Balaban J connectivity index is 2.06. The molecule has 0 unspecified atom stereocenters. The number of halogens is 1. The van der Waals surface area contributed by atoms with E-state index in [0.717, 1.165) is 32.4 Å². The lowest BCUT2D eigenvalue weighted by molar-refractivity contribution is -0.136. The second-order valence-corrected chi connectivity index (χ2v) is 6.65. The fourth-order valence-electron chi connectivity index (χ4n) is 2.46. The van der Waals surface area contributed by atoms with Crippen LogP contribution in [-0.4, -0.2) is 27.1 Å². The molecule has 1 N–H and O–H groups in total. The summed E-state index contributed by atoms with van der Waals surface area (Å²) in [6.45, 7) is 4.44. The first-order chi connectivity index (χ1) is 11.0. The Morgan fingerprint density at radius 1 is 1.43 bits per heavy atom. The molecule has 3 aromatic rings. The molecule has 0 aliphatic heterocycles. The van der Waals surface area contributed by atoms with Crippen LogP contribution in [0.15, 0.2) is 24.5 Å². The highest BCUT2D eigenvalue weighted by molar-refractivity contribution is 7.17. The second-order valence-electron chi connectivity index (χ2n) is 5.12. The van der Waals surface area contributed by atoms with E-state index < -0.39 is 5.97 Å². The van der Waals surface area contributed by atoms with Crippen molar-refractivity contribution in [2.45, 2.75) is 20.3 Å². The number of imidazole rings is 1. The number of aryl methyl sites for hydroxylation is 1. The van der Waals surface area contributed by atoms with Gasteiger partial charge in [0.2, 0.25) is 0 Å². The molecular formula is C16H15ClN2O3S. The van der Waals surface area contributed by atoms with E-state index in [0.29, 0.717) is 11.6 Å². The summed E-state index contributed by atoms with van der Waals surface area (Å²) in [5.41, 5.74) is 2.55. The van der Waals surface area contributed by atoms with Crippen LogP contribution in [-0.2, 0) is 11.2 Å². The van der Waals surface area contributed by atoms with E-state index in [1.54, 1.807) is 6.20 Å². The van der Waals surface area contributed by atoms with Crippen molar-refractivity contribution in [2.24, 2.45) is 0 Å². The fourth-order valence-corrected chi connectivity index (χ4v) is 3.68. The van der Waals surface area contributed by atoms with Gasteiger partial charge in [0.15, 0.2) is 4.96 Å². The van der Waals surface area contributed by atoms with E-state index in [-0.39, 0.29) is 6.42 Å². The quantitative estimate of drug-likeness (QED) is 0.754. The monoisotopic (exact) mass is 350 g/mol. The predicted molar refractivity (Wildman–Crippen MR) is 90.8 cm³/mol. The van der Waals surface area contributed by atoms with Gasteiger partial charge in [-0.3, -0.25) is 9.20 Å². The number of thiazole rings is 1. The van der Waals surface area contributed by atoms with Crippen molar-refractivity contribution in [1.82, 2.24) is 9.38 Å². The van der Waals surface area contributed by atoms with Gasteiger partial charge >= 0.3 is 5.97 Å². The van der Waals surface area contributed by atoms with Crippen LogP contribution in [0, 0.1) is 6.92 Å². The van der Waals surface area contributed by atoms with E-state index in [1.165, 1.54) is 11.3 Å². The zero-order chi connectivity index (χ0) is 16.6. The smallest absolute Gasteiger partial charge is 0.308 e. The van der Waals surface area contributed by atoms with Crippen LogP contribution in [0.25, 0.3) is 16.2 Å². The van der Waals surface area contributed by atoms with Gasteiger partial charge in [0, 0.05) is 27.9 Å². The van der Waals surface area contributed by atoms with Crippen LogP contribution in [0.5, 0.6) is 5.75 Å². The number of hydrogen-bond donors (Lipinski definition) is 1. The highest BCUT2D eigenvalue weighted by atomic mass is 35.5. The van der Waals surface area contributed by atoms with Gasteiger partial charge in [-0.1, -0.05) is 11.6 Å². The third-order valence-corrected chi connectivity index (χ3v) is 4.55. The number of rotatable bonds is 5. The molecule has 3 rings (SSSR count). The first-order valence-electron chi connectivity index (χ1n) is 7.10. The largest absolute Gasteiger partial charge is 0.493 e. The Morgan fingerprint density at radius 2 is 2.22 bits per heavy atom. The maximum absolute atomic E-state index is 10.8. The Kier molecular flexibility index (Phi) is 4.28. The van der Waals surface area contributed by atoms with Gasteiger partial charge in [-0.2, -0.15) is 0 Å². The van der Waals surface area contributed by atoms with Crippen LogP contribution in [0.2, 0.25) is 5.02 Å². The third kappa shape index (κ3) is 3.18. The summed E-state index contributed by atoms with van der Waals surface area (Å²) in [6, 6.07) is 3.70. The summed E-state index contributed by atoms with van der Waals surface area (Å²) in [4.78, 5) is 16.9. The molecule has 120 valence electrons. The Morgan fingerprint density at radius 3 is 2.87 bits per heavy atom. The van der Waals surface area contributed by atoms with Crippen molar-refractivity contribution >= 4 is 33.9 Å². The van der Waals surface area contributed by atoms with E-state index in [9.17, 15) is 4.79 Å². The molecule has 0 radical (unpaired) electrons. The van der Waals surface area contributed by atoms with E-state index in [1.807, 2.05) is 36.6 Å². The average molecular weight is 351 g/mol. The van der Waals surface area contributed by atoms with Gasteiger partial charge in [-0.15, -0.1) is 11.3 Å². The molecule has 0 aliphatic carbocycles. The van der Waals surface area contributed by atoms with Crippen molar-refractivity contribution in [2.75, 3.05) is 6.61 Å². The number of carboxylic acids is 1. The number of carboxylic acid groups (broad SMARTS) is 1. The normalized spacial score (nSPS) is 11.1. The lowest BCUT2D eigenvalue weighted by Gasteiger charge is -2.12. The summed E-state index contributed by atoms with van der Waals surface area (Å²) < 4.78 is 7.58. The van der Waals surface area contributed by atoms with Gasteiger partial charge in [0.25, 0.3) is 0 Å². The van der Waals surface area contributed by atoms with Crippen LogP contribution < -0.4 is 4.74 Å². The van der Waals surface area contributed by atoms with Crippen LogP contribution in [0.1, 0.15) is 17.4 Å². The zero-order valence-corrected chi connectivity index (χ0v) is 14.2. The molecule has 0 bridgehead atoms. The Labute approximate surface area is 142 Å². The highest BCUT2D eigenvalue weighted by Gasteiger charge is 2.16. The molecule has 0 spiro atoms. The Hall–Kier alpha value is -2.05. The second kappa shape index (κ2) is 6.22. The number of nitrogens with zero attached hydrogens (tertiary/aromatic N) is 2. The average Bonchev–Trinajstić information content (AvgIpc) is 2.98. The van der Waals surface area contributed by atoms with Gasteiger partial charge in [-0.25, -0.2) is 4.98 Å². The summed E-state index contributed by atoms with van der Waals surface area (Å²) in [7, 11) is 0. The maximum Gasteiger partial charge on any atom is 0.308 e. The van der Waals surface area contributed by atoms with Gasteiger partial charge in [0.05, 0.1) is 18.7 Å². The lowest BCUT2D eigenvalue weighted by Crippen LogP contribution is -1.98. The highest BCUT2D eigenvalue weighted by Crippen LogP contribution is 2.36. The van der Waals surface area contributed by atoms with Crippen molar-refractivity contribution in [1.29, 1.82) is 0 Å². The van der Waals surface area contributed by atoms with Crippen molar-refractivity contribution in [3.8, 4) is 17.0 Å². The maximum atomic E-state index is 10.8. The molecule has 2 heterocycles. The van der Waals surface area contributed by atoms with E-state index in [2.05, 4.69) is 4.98 Å². The molecule has 0 atom stereocenters. The van der Waals surface area contributed by atoms with Crippen molar-refractivity contribution in [3.05, 3.63) is 40.0 Å². The van der Waals surface area contributed by atoms with Crippen LogP contribution in [0.3, 0.4) is 0 Å². The van der Waals surface area contributed by atoms with Gasteiger partial charge in [0.1, 0.15) is 5.75 Å². The first kappa shape index (κ1) is 15.8. The molecule has 7 heteroatoms. The van der Waals surface area contributed by atoms with Crippen LogP contribution in [0.4, 0.5) is 0 Å². The molecule has 23 heavy (non-hydrogen) atoms. The van der Waals surface area contributed by atoms with Gasteiger partial charge in [-0.05, 0) is 31.5 Å². The molecule has 0 saturated carbocycles. The molecule has 0 fully saturated rings. The standard InChI is InChI=1S/C16H15ClN2O3S/c1-3-22-15-9(2)4-10(17)5-12(15)13-8-19-7-11(6-14(20)21)23-16(19)18-13/h4-5,7-8H,3,6H2,1-2H3,(H,20,21). The number of benzene rings is 1. The van der Waals surface area contributed by atoms with E-state index in [4.69, 9.17) is 21.4 Å². The summed E-state index contributed by atoms with van der Waals surface area (Å²) >= 11 is 7.54. The number of fused-ring (bicyclic) bond motifs is 1. The predicted octanol–water partition coefficient (Wildman–Crippen LogP) is 4.05.